The highest BCUT2D eigenvalue weighted by Gasteiger charge is 2.28. The molecule has 2 nitrogen and oxygen atoms in total. The normalized spacial score (nSPS) is 15.3. The standard InChI is InChI=1S/C18H17FN2S/c1-22-14-6-7-18(21-10-13(19)11-21)15(9-14)17-8-12-4-2-3-5-16(12)20-17/h2-9,13,20H,10-11H2,1H3. The van der Waals surface area contributed by atoms with Crippen LogP contribution in [0.4, 0.5) is 10.1 Å². The number of para-hydroxylation sites is 1. The molecule has 3 aromatic rings. The second-order valence-corrected chi connectivity index (χ2v) is 6.54. The van der Waals surface area contributed by atoms with Gasteiger partial charge in [0.15, 0.2) is 0 Å². The summed E-state index contributed by atoms with van der Waals surface area (Å²) in [5, 5.41) is 1.20. The minimum atomic E-state index is -0.698. The highest BCUT2D eigenvalue weighted by Crippen LogP contribution is 2.37. The van der Waals surface area contributed by atoms with Crippen molar-refractivity contribution in [2.24, 2.45) is 0 Å². The van der Waals surface area contributed by atoms with Crippen LogP contribution >= 0.6 is 11.8 Å². The lowest BCUT2D eigenvalue weighted by Gasteiger charge is -2.37. The highest BCUT2D eigenvalue weighted by molar-refractivity contribution is 7.98. The van der Waals surface area contributed by atoms with Crippen LogP contribution in [0.15, 0.2) is 53.4 Å². The Bertz CT molecular complexity index is 788. The van der Waals surface area contributed by atoms with Gasteiger partial charge in [-0.05, 0) is 36.6 Å². The van der Waals surface area contributed by atoms with Gasteiger partial charge in [-0.2, -0.15) is 0 Å². The third-order valence-corrected chi connectivity index (χ3v) is 4.93. The van der Waals surface area contributed by atoms with Crippen molar-refractivity contribution in [3.05, 3.63) is 48.5 Å². The predicted octanol–water partition coefficient (Wildman–Crippen LogP) is 4.71. The molecule has 112 valence electrons. The van der Waals surface area contributed by atoms with E-state index in [0.717, 1.165) is 22.5 Å². The van der Waals surface area contributed by atoms with Gasteiger partial charge in [0.1, 0.15) is 6.17 Å². The number of alkyl halides is 1. The van der Waals surface area contributed by atoms with E-state index in [1.54, 1.807) is 11.8 Å². The fourth-order valence-electron chi connectivity index (χ4n) is 2.97. The molecule has 1 saturated heterocycles. The molecule has 0 bridgehead atoms. The van der Waals surface area contributed by atoms with Gasteiger partial charge in [0.25, 0.3) is 0 Å². The van der Waals surface area contributed by atoms with E-state index in [2.05, 4.69) is 52.5 Å². The summed E-state index contributed by atoms with van der Waals surface area (Å²) < 4.78 is 13.2. The molecule has 1 aliphatic rings. The number of rotatable bonds is 3. The maximum Gasteiger partial charge on any atom is 0.135 e. The second-order valence-electron chi connectivity index (χ2n) is 5.66. The van der Waals surface area contributed by atoms with Crippen LogP contribution in [0.25, 0.3) is 22.2 Å². The highest BCUT2D eigenvalue weighted by atomic mass is 32.2. The Morgan fingerprint density at radius 2 is 1.95 bits per heavy atom. The number of hydrogen-bond donors (Lipinski definition) is 1. The van der Waals surface area contributed by atoms with Crippen molar-refractivity contribution in [2.75, 3.05) is 24.2 Å². The molecule has 0 aliphatic carbocycles. The second kappa shape index (κ2) is 5.36. The smallest absolute Gasteiger partial charge is 0.135 e. The summed E-state index contributed by atoms with van der Waals surface area (Å²) in [6.45, 7) is 0.984. The van der Waals surface area contributed by atoms with Gasteiger partial charge in [0.05, 0.1) is 13.1 Å². The lowest BCUT2D eigenvalue weighted by atomic mass is 10.0. The Labute approximate surface area is 133 Å². The van der Waals surface area contributed by atoms with Gasteiger partial charge >= 0.3 is 0 Å². The molecule has 1 aliphatic heterocycles. The van der Waals surface area contributed by atoms with E-state index in [-0.39, 0.29) is 0 Å². The molecule has 0 amide bonds. The Balaban J connectivity index is 1.84. The summed E-state index contributed by atoms with van der Waals surface area (Å²) >= 11 is 1.72. The first kappa shape index (κ1) is 13.7. The summed E-state index contributed by atoms with van der Waals surface area (Å²) in [6, 6.07) is 16.8. The van der Waals surface area contributed by atoms with E-state index < -0.39 is 6.17 Å². The van der Waals surface area contributed by atoms with Crippen LogP contribution in [0, 0.1) is 0 Å². The molecule has 2 aromatic carbocycles. The molecule has 1 aromatic heterocycles. The molecule has 1 fully saturated rings. The lowest BCUT2D eigenvalue weighted by molar-refractivity contribution is 0.275. The molecule has 0 unspecified atom stereocenters. The fraction of sp³-hybridized carbons (Fsp3) is 0.222. The Hall–Kier alpha value is -1.94. The number of anilines is 1. The van der Waals surface area contributed by atoms with Gasteiger partial charge in [-0.1, -0.05) is 18.2 Å². The molecule has 0 atom stereocenters. The zero-order valence-corrected chi connectivity index (χ0v) is 13.2. The molecule has 22 heavy (non-hydrogen) atoms. The molecular formula is C18H17FN2S. The van der Waals surface area contributed by atoms with Crippen LogP contribution in [-0.4, -0.2) is 30.5 Å². The van der Waals surface area contributed by atoms with Crippen molar-refractivity contribution in [1.82, 2.24) is 4.98 Å². The van der Waals surface area contributed by atoms with Gasteiger partial charge in [0.2, 0.25) is 0 Å². The SMILES string of the molecule is CSc1ccc(N2CC(F)C2)c(-c2cc3ccccc3[nH]2)c1. The summed E-state index contributed by atoms with van der Waals surface area (Å²) in [4.78, 5) is 6.81. The Morgan fingerprint density at radius 3 is 2.68 bits per heavy atom. The molecule has 0 spiro atoms. The average Bonchev–Trinajstić information content (AvgIpc) is 2.95. The number of halogens is 1. The number of hydrogen-bond acceptors (Lipinski definition) is 2. The molecule has 0 saturated carbocycles. The third kappa shape index (κ3) is 2.28. The third-order valence-electron chi connectivity index (χ3n) is 4.20. The predicted molar refractivity (Wildman–Crippen MR) is 92.6 cm³/mol. The van der Waals surface area contributed by atoms with Gasteiger partial charge < -0.3 is 9.88 Å². The van der Waals surface area contributed by atoms with Crippen LogP contribution in [0.3, 0.4) is 0 Å². The van der Waals surface area contributed by atoms with E-state index in [4.69, 9.17) is 0 Å². The van der Waals surface area contributed by atoms with Gasteiger partial charge in [-0.3, -0.25) is 0 Å². The first-order valence-corrected chi connectivity index (χ1v) is 8.62. The number of aromatic amines is 1. The lowest BCUT2D eigenvalue weighted by Crippen LogP contribution is -2.48. The van der Waals surface area contributed by atoms with Gasteiger partial charge in [0, 0.05) is 32.7 Å². The molecule has 2 heterocycles. The number of aromatic nitrogens is 1. The summed E-state index contributed by atoms with van der Waals surface area (Å²) in [5.74, 6) is 0. The molecule has 4 rings (SSSR count). The Morgan fingerprint density at radius 1 is 1.14 bits per heavy atom. The minimum Gasteiger partial charge on any atom is -0.365 e. The monoisotopic (exact) mass is 312 g/mol. The van der Waals surface area contributed by atoms with Crippen LogP contribution < -0.4 is 4.90 Å². The minimum absolute atomic E-state index is 0.492. The number of fused-ring (bicyclic) bond motifs is 1. The fourth-order valence-corrected chi connectivity index (χ4v) is 3.41. The number of nitrogens with one attached hydrogen (secondary N) is 1. The molecule has 4 heteroatoms. The first-order valence-electron chi connectivity index (χ1n) is 7.40. The maximum atomic E-state index is 13.2. The van der Waals surface area contributed by atoms with Crippen LogP contribution in [0.5, 0.6) is 0 Å². The topological polar surface area (TPSA) is 19.0 Å². The summed E-state index contributed by atoms with van der Waals surface area (Å²) in [5.41, 5.74) is 4.48. The number of H-pyrrole nitrogens is 1. The largest absolute Gasteiger partial charge is 0.365 e. The van der Waals surface area contributed by atoms with Crippen molar-refractivity contribution < 1.29 is 4.39 Å². The van der Waals surface area contributed by atoms with E-state index in [0.29, 0.717) is 13.1 Å². The van der Waals surface area contributed by atoms with E-state index in [9.17, 15) is 4.39 Å². The summed E-state index contributed by atoms with van der Waals surface area (Å²) in [7, 11) is 0. The number of nitrogens with zero attached hydrogens (tertiary/aromatic N) is 1. The van der Waals surface area contributed by atoms with Crippen molar-refractivity contribution in [3.8, 4) is 11.3 Å². The van der Waals surface area contributed by atoms with Gasteiger partial charge in [-0.15, -0.1) is 11.8 Å². The van der Waals surface area contributed by atoms with Crippen molar-refractivity contribution in [1.29, 1.82) is 0 Å². The number of benzene rings is 2. The van der Waals surface area contributed by atoms with E-state index >= 15 is 0 Å². The molecular weight excluding hydrogens is 295 g/mol. The van der Waals surface area contributed by atoms with Gasteiger partial charge in [-0.25, -0.2) is 4.39 Å². The van der Waals surface area contributed by atoms with Crippen molar-refractivity contribution in [3.63, 3.8) is 0 Å². The number of thioether (sulfide) groups is 1. The molecule has 1 N–H and O–H groups in total. The first-order chi connectivity index (χ1) is 10.7. The van der Waals surface area contributed by atoms with Crippen LogP contribution in [0.1, 0.15) is 0 Å². The molecule has 0 radical (unpaired) electrons. The maximum absolute atomic E-state index is 13.2. The average molecular weight is 312 g/mol. The van der Waals surface area contributed by atoms with Crippen LogP contribution in [0.2, 0.25) is 0 Å². The van der Waals surface area contributed by atoms with Crippen molar-refractivity contribution in [2.45, 2.75) is 11.1 Å². The summed E-state index contributed by atoms with van der Waals surface area (Å²) in [6.07, 6.45) is 1.38. The zero-order valence-electron chi connectivity index (χ0n) is 12.3. The quantitative estimate of drug-likeness (QED) is 0.706. The van der Waals surface area contributed by atoms with Crippen molar-refractivity contribution >= 4 is 28.4 Å². The van der Waals surface area contributed by atoms with E-state index in [1.165, 1.54) is 10.3 Å². The van der Waals surface area contributed by atoms with Crippen LogP contribution in [-0.2, 0) is 0 Å². The van der Waals surface area contributed by atoms with E-state index in [1.807, 2.05) is 12.1 Å². The Kier molecular flexibility index (Phi) is 3.34. The zero-order chi connectivity index (χ0) is 15.1.